The lowest BCUT2D eigenvalue weighted by molar-refractivity contribution is -0.137. The molecular formula is C15H20F3N. The number of halogens is 3. The van der Waals surface area contributed by atoms with E-state index in [1.54, 1.807) is 6.07 Å². The van der Waals surface area contributed by atoms with Crippen LogP contribution in [0.1, 0.15) is 36.8 Å². The molecule has 1 aliphatic rings. The summed E-state index contributed by atoms with van der Waals surface area (Å²) in [7, 11) is 1.94. The molecule has 2 unspecified atom stereocenters. The third-order valence-electron chi connectivity index (χ3n) is 4.03. The molecule has 0 radical (unpaired) electrons. The van der Waals surface area contributed by atoms with Crippen molar-refractivity contribution in [3.8, 4) is 0 Å². The molecule has 2 atom stereocenters. The van der Waals surface area contributed by atoms with E-state index in [9.17, 15) is 13.2 Å². The lowest BCUT2D eigenvalue weighted by Gasteiger charge is -2.31. The Morgan fingerprint density at radius 1 is 1.21 bits per heavy atom. The van der Waals surface area contributed by atoms with Gasteiger partial charge in [-0.3, -0.25) is 0 Å². The fourth-order valence-corrected chi connectivity index (χ4v) is 3.01. The molecule has 4 heteroatoms. The number of benzene rings is 1. The van der Waals surface area contributed by atoms with E-state index in [-0.39, 0.29) is 0 Å². The minimum atomic E-state index is -4.25. The van der Waals surface area contributed by atoms with E-state index in [2.05, 4.69) is 5.32 Å². The first kappa shape index (κ1) is 14.4. The van der Waals surface area contributed by atoms with Crippen LogP contribution in [-0.4, -0.2) is 13.1 Å². The molecule has 1 aromatic carbocycles. The highest BCUT2D eigenvalue weighted by molar-refractivity contribution is 5.26. The summed E-state index contributed by atoms with van der Waals surface area (Å²) in [6, 6.07) is 6.18. The molecule has 1 fully saturated rings. The van der Waals surface area contributed by atoms with E-state index in [0.717, 1.165) is 30.9 Å². The Morgan fingerprint density at radius 3 is 2.63 bits per heavy atom. The van der Waals surface area contributed by atoms with Crippen molar-refractivity contribution in [2.75, 3.05) is 7.05 Å². The molecule has 0 saturated heterocycles. The summed E-state index contributed by atoms with van der Waals surface area (Å²) in [5.41, 5.74) is 0.254. The molecule has 0 bridgehead atoms. The highest BCUT2D eigenvalue weighted by Crippen LogP contribution is 2.32. The largest absolute Gasteiger partial charge is 0.416 e. The van der Waals surface area contributed by atoms with Crippen molar-refractivity contribution in [1.29, 1.82) is 0 Å². The van der Waals surface area contributed by atoms with Gasteiger partial charge in [-0.2, -0.15) is 13.2 Å². The maximum Gasteiger partial charge on any atom is 0.416 e. The van der Waals surface area contributed by atoms with Crippen LogP contribution in [0.25, 0.3) is 0 Å². The first-order valence-electron chi connectivity index (χ1n) is 6.84. The van der Waals surface area contributed by atoms with Crippen molar-refractivity contribution in [2.45, 2.75) is 44.3 Å². The van der Waals surface area contributed by atoms with Gasteiger partial charge < -0.3 is 5.32 Å². The second kappa shape index (κ2) is 5.95. The second-order valence-electron chi connectivity index (χ2n) is 5.34. The second-order valence-corrected chi connectivity index (χ2v) is 5.34. The molecule has 1 nitrogen and oxygen atoms in total. The Balaban J connectivity index is 2.10. The van der Waals surface area contributed by atoms with Gasteiger partial charge in [-0.15, -0.1) is 0 Å². The number of hydrogen-bond donors (Lipinski definition) is 1. The van der Waals surface area contributed by atoms with Crippen LogP contribution in [-0.2, 0) is 12.6 Å². The molecule has 0 heterocycles. The molecule has 1 aromatic rings. The van der Waals surface area contributed by atoms with Gasteiger partial charge in [0.15, 0.2) is 0 Å². The van der Waals surface area contributed by atoms with Crippen LogP contribution in [0, 0.1) is 5.92 Å². The van der Waals surface area contributed by atoms with Gasteiger partial charge in [-0.25, -0.2) is 0 Å². The third-order valence-corrected chi connectivity index (χ3v) is 4.03. The summed E-state index contributed by atoms with van der Waals surface area (Å²) in [5, 5.41) is 3.30. The molecule has 106 valence electrons. The molecule has 0 aromatic heterocycles. The van der Waals surface area contributed by atoms with E-state index in [0.29, 0.717) is 12.0 Å². The number of nitrogens with one attached hydrogen (secondary N) is 1. The van der Waals surface area contributed by atoms with Crippen LogP contribution >= 0.6 is 0 Å². The molecule has 19 heavy (non-hydrogen) atoms. The minimum absolute atomic E-state index is 0.434. The smallest absolute Gasteiger partial charge is 0.317 e. The van der Waals surface area contributed by atoms with Crippen LogP contribution in [0.5, 0.6) is 0 Å². The van der Waals surface area contributed by atoms with Gasteiger partial charge in [0.2, 0.25) is 0 Å². The van der Waals surface area contributed by atoms with Crippen LogP contribution in [0.2, 0.25) is 0 Å². The Morgan fingerprint density at radius 2 is 1.95 bits per heavy atom. The van der Waals surface area contributed by atoms with Crippen molar-refractivity contribution in [3.63, 3.8) is 0 Å². The Hall–Kier alpha value is -1.03. The normalized spacial score (nSPS) is 24.4. The average molecular weight is 271 g/mol. The van der Waals surface area contributed by atoms with Gasteiger partial charge in [0.25, 0.3) is 0 Å². The molecular weight excluding hydrogens is 251 g/mol. The van der Waals surface area contributed by atoms with Crippen LogP contribution < -0.4 is 5.32 Å². The Bertz CT molecular complexity index is 414. The zero-order valence-electron chi connectivity index (χ0n) is 11.1. The van der Waals surface area contributed by atoms with Gasteiger partial charge >= 0.3 is 6.18 Å². The third kappa shape index (κ3) is 3.72. The molecule has 2 rings (SSSR count). The topological polar surface area (TPSA) is 12.0 Å². The van der Waals surface area contributed by atoms with Crippen molar-refractivity contribution in [3.05, 3.63) is 35.4 Å². The summed E-state index contributed by atoms with van der Waals surface area (Å²) < 4.78 is 38.0. The first-order chi connectivity index (χ1) is 9.00. The first-order valence-corrected chi connectivity index (χ1v) is 6.84. The predicted molar refractivity (Wildman–Crippen MR) is 70.0 cm³/mol. The van der Waals surface area contributed by atoms with Crippen molar-refractivity contribution < 1.29 is 13.2 Å². The summed E-state index contributed by atoms with van der Waals surface area (Å²) in [4.78, 5) is 0. The van der Waals surface area contributed by atoms with Crippen LogP contribution in [0.3, 0.4) is 0 Å². The number of rotatable bonds is 3. The highest BCUT2D eigenvalue weighted by atomic mass is 19.4. The Kier molecular flexibility index (Phi) is 4.50. The maximum atomic E-state index is 12.7. The monoisotopic (exact) mass is 271 g/mol. The zero-order valence-corrected chi connectivity index (χ0v) is 11.1. The molecule has 1 saturated carbocycles. The molecule has 0 amide bonds. The Labute approximate surface area is 112 Å². The van der Waals surface area contributed by atoms with Crippen molar-refractivity contribution in [2.24, 2.45) is 5.92 Å². The summed E-state index contributed by atoms with van der Waals surface area (Å²) >= 11 is 0. The average Bonchev–Trinajstić information content (AvgIpc) is 2.39. The maximum absolute atomic E-state index is 12.7. The van der Waals surface area contributed by atoms with Gasteiger partial charge in [-0.05, 0) is 43.9 Å². The van der Waals surface area contributed by atoms with E-state index in [4.69, 9.17) is 0 Å². The standard InChI is InChI=1S/C15H20F3N/c1-19-14-8-3-2-6-12(14)9-11-5-4-7-13(10-11)15(16,17)18/h4-5,7,10,12,14,19H,2-3,6,8-9H2,1H3. The van der Waals surface area contributed by atoms with E-state index >= 15 is 0 Å². The molecule has 1 N–H and O–H groups in total. The fourth-order valence-electron chi connectivity index (χ4n) is 3.01. The summed E-state index contributed by atoms with van der Waals surface area (Å²) in [6.45, 7) is 0. The van der Waals surface area contributed by atoms with Gasteiger partial charge in [0, 0.05) is 6.04 Å². The van der Waals surface area contributed by atoms with Crippen molar-refractivity contribution >= 4 is 0 Å². The minimum Gasteiger partial charge on any atom is -0.317 e. The predicted octanol–water partition coefficient (Wildman–Crippen LogP) is 4.03. The number of hydrogen-bond acceptors (Lipinski definition) is 1. The SMILES string of the molecule is CNC1CCCCC1Cc1cccc(C(F)(F)F)c1. The molecule has 0 spiro atoms. The van der Waals surface area contributed by atoms with Crippen molar-refractivity contribution in [1.82, 2.24) is 5.32 Å². The van der Waals surface area contributed by atoms with E-state index in [1.807, 2.05) is 7.05 Å². The van der Waals surface area contributed by atoms with Crippen LogP contribution in [0.15, 0.2) is 24.3 Å². The van der Waals surface area contributed by atoms with Crippen LogP contribution in [0.4, 0.5) is 13.2 Å². The quantitative estimate of drug-likeness (QED) is 0.875. The highest BCUT2D eigenvalue weighted by Gasteiger charge is 2.31. The fraction of sp³-hybridized carbons (Fsp3) is 0.600. The van der Waals surface area contributed by atoms with Gasteiger partial charge in [0.1, 0.15) is 0 Å². The lowest BCUT2D eigenvalue weighted by Crippen LogP contribution is -2.37. The van der Waals surface area contributed by atoms with E-state index in [1.165, 1.54) is 25.0 Å². The zero-order chi connectivity index (χ0) is 13.9. The summed E-state index contributed by atoms with van der Waals surface area (Å²) in [6.07, 6.45) is 1.11. The van der Waals surface area contributed by atoms with Gasteiger partial charge in [0.05, 0.1) is 5.56 Å². The number of alkyl halides is 3. The molecule has 0 aliphatic heterocycles. The lowest BCUT2D eigenvalue weighted by atomic mass is 9.80. The van der Waals surface area contributed by atoms with E-state index < -0.39 is 11.7 Å². The van der Waals surface area contributed by atoms with Gasteiger partial charge in [-0.1, -0.05) is 31.0 Å². The summed E-state index contributed by atoms with van der Waals surface area (Å²) in [5.74, 6) is 0.447. The molecule has 1 aliphatic carbocycles.